The summed E-state index contributed by atoms with van der Waals surface area (Å²) in [5.41, 5.74) is 1.30. The number of aromatic nitrogens is 3. The largest absolute Gasteiger partial charge is 0.337 e. The first-order valence-corrected chi connectivity index (χ1v) is 8.28. The number of hydrogen-bond donors (Lipinski definition) is 0. The lowest BCUT2D eigenvalue weighted by molar-refractivity contribution is -0.131. The molecule has 0 saturated carbocycles. The van der Waals surface area contributed by atoms with Crippen LogP contribution in [0.1, 0.15) is 17.8 Å². The fourth-order valence-corrected chi connectivity index (χ4v) is 2.50. The molecule has 0 aliphatic rings. The Morgan fingerprint density at radius 2 is 2.19 bits per heavy atom. The zero-order valence-corrected chi connectivity index (χ0v) is 14.4. The fourth-order valence-electron chi connectivity index (χ4n) is 2.50. The summed E-state index contributed by atoms with van der Waals surface area (Å²) in [7, 11) is 0. The topological polar surface area (TPSA) is 95.9 Å². The van der Waals surface area contributed by atoms with E-state index >= 15 is 0 Å². The Morgan fingerprint density at radius 1 is 1.30 bits per heavy atom. The third-order valence-corrected chi connectivity index (χ3v) is 3.79. The van der Waals surface area contributed by atoms with Gasteiger partial charge in [-0.05, 0) is 29.8 Å². The van der Waals surface area contributed by atoms with Crippen LogP contribution in [-0.4, -0.2) is 32.5 Å². The van der Waals surface area contributed by atoms with Crippen molar-refractivity contribution in [2.45, 2.75) is 19.4 Å². The van der Waals surface area contributed by atoms with Crippen LogP contribution in [-0.2, 0) is 17.8 Å². The zero-order chi connectivity index (χ0) is 19.1. The second kappa shape index (κ2) is 8.67. The Morgan fingerprint density at radius 3 is 2.93 bits per heavy atom. The van der Waals surface area contributed by atoms with Crippen LogP contribution in [0.15, 0.2) is 53.3 Å². The van der Waals surface area contributed by atoms with E-state index in [0.717, 1.165) is 5.56 Å². The maximum atomic E-state index is 13.3. The van der Waals surface area contributed by atoms with Crippen LogP contribution in [0.4, 0.5) is 4.39 Å². The first-order valence-electron chi connectivity index (χ1n) is 8.28. The summed E-state index contributed by atoms with van der Waals surface area (Å²) in [6.07, 6.45) is 3.46. The molecule has 0 saturated heterocycles. The molecule has 0 aliphatic heterocycles. The number of amides is 1. The van der Waals surface area contributed by atoms with Crippen LogP contribution >= 0.6 is 0 Å². The highest BCUT2D eigenvalue weighted by Crippen LogP contribution is 2.18. The molecule has 1 aromatic carbocycles. The molecule has 3 aromatic rings. The van der Waals surface area contributed by atoms with E-state index in [4.69, 9.17) is 9.78 Å². The number of nitriles is 1. The summed E-state index contributed by atoms with van der Waals surface area (Å²) in [6, 6.07) is 11.5. The van der Waals surface area contributed by atoms with Crippen molar-refractivity contribution in [2.24, 2.45) is 0 Å². The van der Waals surface area contributed by atoms with E-state index in [1.165, 1.54) is 18.2 Å². The summed E-state index contributed by atoms with van der Waals surface area (Å²) >= 11 is 0. The quantitative estimate of drug-likeness (QED) is 0.639. The lowest BCUT2D eigenvalue weighted by Gasteiger charge is -2.21. The molecule has 0 aliphatic carbocycles. The third kappa shape index (κ3) is 4.95. The van der Waals surface area contributed by atoms with E-state index in [1.807, 2.05) is 12.1 Å². The summed E-state index contributed by atoms with van der Waals surface area (Å²) in [5.74, 6) is -0.302. The monoisotopic (exact) mass is 365 g/mol. The zero-order valence-electron chi connectivity index (χ0n) is 14.4. The molecule has 1 amide bonds. The highest BCUT2D eigenvalue weighted by molar-refractivity contribution is 5.78. The predicted octanol–water partition coefficient (Wildman–Crippen LogP) is 2.76. The number of benzene rings is 1. The van der Waals surface area contributed by atoms with Crippen molar-refractivity contribution in [1.29, 1.82) is 5.26 Å². The van der Waals surface area contributed by atoms with Crippen LogP contribution in [0, 0.1) is 17.1 Å². The standard InChI is InChI=1S/C19H16FN5O2/c20-16-6-1-5-15(10-16)19-23-17(24-27-19)11-18(26)25(9-3-7-21)13-14-4-2-8-22-12-14/h1-2,4-6,8,10,12H,3,9,11,13H2. The number of halogens is 1. The fraction of sp³-hybridized carbons (Fsp3) is 0.211. The number of pyridine rings is 1. The van der Waals surface area contributed by atoms with Crippen molar-refractivity contribution in [3.63, 3.8) is 0 Å². The van der Waals surface area contributed by atoms with Crippen LogP contribution < -0.4 is 0 Å². The minimum atomic E-state index is -0.414. The highest BCUT2D eigenvalue weighted by atomic mass is 19.1. The Labute approximate surface area is 155 Å². The van der Waals surface area contributed by atoms with Crippen LogP contribution in [0.2, 0.25) is 0 Å². The van der Waals surface area contributed by atoms with E-state index in [-0.39, 0.29) is 30.5 Å². The van der Waals surface area contributed by atoms with Gasteiger partial charge in [0.2, 0.25) is 5.91 Å². The van der Waals surface area contributed by atoms with E-state index < -0.39 is 5.82 Å². The Balaban J connectivity index is 1.70. The molecule has 0 bridgehead atoms. The van der Waals surface area contributed by atoms with Gasteiger partial charge in [-0.3, -0.25) is 9.78 Å². The molecule has 0 radical (unpaired) electrons. The van der Waals surface area contributed by atoms with Gasteiger partial charge in [0.15, 0.2) is 5.82 Å². The molecular weight excluding hydrogens is 349 g/mol. The molecule has 0 unspecified atom stereocenters. The molecule has 8 heteroatoms. The number of rotatable bonds is 7. The molecule has 136 valence electrons. The molecule has 2 heterocycles. The van der Waals surface area contributed by atoms with Crippen molar-refractivity contribution in [3.05, 3.63) is 66.0 Å². The molecular formula is C19H16FN5O2. The van der Waals surface area contributed by atoms with Gasteiger partial charge in [-0.1, -0.05) is 17.3 Å². The molecule has 0 atom stereocenters. The Kier molecular flexibility index (Phi) is 5.84. The molecule has 0 spiro atoms. The SMILES string of the molecule is N#CCCN(Cc1cccnc1)C(=O)Cc1noc(-c2cccc(F)c2)n1. The average Bonchev–Trinajstić information content (AvgIpc) is 3.14. The molecule has 27 heavy (non-hydrogen) atoms. The third-order valence-electron chi connectivity index (χ3n) is 3.79. The maximum Gasteiger partial charge on any atom is 0.258 e. The van der Waals surface area contributed by atoms with Gasteiger partial charge in [0, 0.05) is 31.0 Å². The van der Waals surface area contributed by atoms with E-state index in [0.29, 0.717) is 18.7 Å². The highest BCUT2D eigenvalue weighted by Gasteiger charge is 2.18. The summed E-state index contributed by atoms with van der Waals surface area (Å²) in [6.45, 7) is 0.627. The van der Waals surface area contributed by atoms with Gasteiger partial charge in [-0.15, -0.1) is 0 Å². The number of hydrogen-bond acceptors (Lipinski definition) is 6. The van der Waals surface area contributed by atoms with Crippen molar-refractivity contribution < 1.29 is 13.7 Å². The van der Waals surface area contributed by atoms with Gasteiger partial charge in [0.25, 0.3) is 5.89 Å². The molecule has 0 fully saturated rings. The normalized spacial score (nSPS) is 10.4. The van der Waals surface area contributed by atoms with Gasteiger partial charge < -0.3 is 9.42 Å². The molecule has 0 N–H and O–H groups in total. The molecule has 2 aromatic heterocycles. The van der Waals surface area contributed by atoms with Crippen molar-refractivity contribution >= 4 is 5.91 Å². The number of nitrogens with zero attached hydrogens (tertiary/aromatic N) is 5. The van der Waals surface area contributed by atoms with Crippen LogP contribution in [0.5, 0.6) is 0 Å². The smallest absolute Gasteiger partial charge is 0.258 e. The first-order chi connectivity index (χ1) is 13.2. The van der Waals surface area contributed by atoms with Crippen molar-refractivity contribution in [3.8, 4) is 17.5 Å². The molecule has 7 nitrogen and oxygen atoms in total. The van der Waals surface area contributed by atoms with Crippen LogP contribution in [0.25, 0.3) is 11.5 Å². The number of carbonyl (C=O) groups is 1. The lowest BCUT2D eigenvalue weighted by atomic mass is 10.2. The van der Waals surface area contributed by atoms with Gasteiger partial charge >= 0.3 is 0 Å². The Hall–Kier alpha value is -3.60. The lowest BCUT2D eigenvalue weighted by Crippen LogP contribution is -2.33. The van der Waals surface area contributed by atoms with Crippen LogP contribution in [0.3, 0.4) is 0 Å². The van der Waals surface area contributed by atoms with E-state index in [2.05, 4.69) is 15.1 Å². The summed E-state index contributed by atoms with van der Waals surface area (Å²) < 4.78 is 18.4. The predicted molar refractivity (Wildman–Crippen MR) is 93.3 cm³/mol. The maximum absolute atomic E-state index is 13.3. The first kappa shape index (κ1) is 18.2. The second-order valence-corrected chi connectivity index (χ2v) is 5.79. The van der Waals surface area contributed by atoms with Gasteiger partial charge in [0.05, 0.1) is 18.9 Å². The Bertz CT molecular complexity index is 952. The minimum Gasteiger partial charge on any atom is -0.337 e. The van der Waals surface area contributed by atoms with E-state index in [1.54, 1.807) is 29.4 Å². The average molecular weight is 365 g/mol. The van der Waals surface area contributed by atoms with Gasteiger partial charge in [-0.2, -0.15) is 10.2 Å². The van der Waals surface area contributed by atoms with Gasteiger partial charge in [0.1, 0.15) is 5.82 Å². The summed E-state index contributed by atoms with van der Waals surface area (Å²) in [4.78, 5) is 22.4. The summed E-state index contributed by atoms with van der Waals surface area (Å²) in [5, 5.41) is 12.6. The van der Waals surface area contributed by atoms with Gasteiger partial charge in [-0.25, -0.2) is 4.39 Å². The van der Waals surface area contributed by atoms with E-state index in [9.17, 15) is 9.18 Å². The minimum absolute atomic E-state index is 0.0789. The molecule has 3 rings (SSSR count). The number of carbonyl (C=O) groups excluding carboxylic acids is 1. The van der Waals surface area contributed by atoms with Crippen molar-refractivity contribution in [2.75, 3.05) is 6.54 Å². The second-order valence-electron chi connectivity index (χ2n) is 5.79. The van der Waals surface area contributed by atoms with Crippen molar-refractivity contribution in [1.82, 2.24) is 20.0 Å².